The number of aromatic amines is 1. The molecular formula is C30H37FN7P. The van der Waals surface area contributed by atoms with E-state index in [-0.39, 0.29) is 5.82 Å². The van der Waals surface area contributed by atoms with Crippen molar-refractivity contribution in [1.29, 1.82) is 0 Å². The Morgan fingerprint density at radius 3 is 2.41 bits per heavy atom. The van der Waals surface area contributed by atoms with E-state index in [0.29, 0.717) is 5.82 Å². The summed E-state index contributed by atoms with van der Waals surface area (Å²) in [5.41, 5.74) is 4.89. The molecule has 0 unspecified atom stereocenters. The van der Waals surface area contributed by atoms with Gasteiger partial charge in [0.05, 0.1) is 11.1 Å². The first-order valence-electron chi connectivity index (χ1n) is 13.8. The van der Waals surface area contributed by atoms with Crippen molar-refractivity contribution in [3.05, 3.63) is 60.7 Å². The van der Waals surface area contributed by atoms with Crippen molar-refractivity contribution in [2.24, 2.45) is 0 Å². The molecule has 39 heavy (non-hydrogen) atoms. The summed E-state index contributed by atoms with van der Waals surface area (Å²) < 4.78 is 14.6. The second kappa shape index (κ2) is 11.2. The lowest BCUT2D eigenvalue weighted by Crippen LogP contribution is -2.52. The summed E-state index contributed by atoms with van der Waals surface area (Å²) in [4.78, 5) is 20.0. The first kappa shape index (κ1) is 26.2. The minimum Gasteiger partial charge on any atom is -0.371 e. The molecule has 4 heterocycles. The van der Waals surface area contributed by atoms with E-state index < -0.39 is 7.92 Å². The van der Waals surface area contributed by atoms with Crippen molar-refractivity contribution in [2.45, 2.75) is 18.9 Å². The zero-order valence-corrected chi connectivity index (χ0v) is 23.9. The Balaban J connectivity index is 1.16. The monoisotopic (exact) mass is 545 g/mol. The average Bonchev–Trinajstić information content (AvgIpc) is 3.39. The van der Waals surface area contributed by atoms with Crippen LogP contribution in [0.25, 0.3) is 22.3 Å². The summed E-state index contributed by atoms with van der Waals surface area (Å²) in [6.07, 6.45) is 4.00. The van der Waals surface area contributed by atoms with Crippen molar-refractivity contribution in [3.63, 3.8) is 0 Å². The van der Waals surface area contributed by atoms with Crippen molar-refractivity contribution in [1.82, 2.24) is 24.8 Å². The van der Waals surface area contributed by atoms with Crippen LogP contribution in [-0.2, 0) is 0 Å². The lowest BCUT2D eigenvalue weighted by molar-refractivity contribution is 0.0982. The predicted octanol–water partition coefficient (Wildman–Crippen LogP) is 5.09. The third-order valence-electron chi connectivity index (χ3n) is 8.17. The number of benzene rings is 2. The van der Waals surface area contributed by atoms with Gasteiger partial charge in [0.25, 0.3) is 0 Å². The zero-order chi connectivity index (χ0) is 26.9. The predicted molar refractivity (Wildman–Crippen MR) is 162 cm³/mol. The molecule has 0 atom stereocenters. The van der Waals surface area contributed by atoms with E-state index in [1.54, 1.807) is 12.4 Å². The van der Waals surface area contributed by atoms with Crippen LogP contribution in [0.1, 0.15) is 12.8 Å². The lowest BCUT2D eigenvalue weighted by Gasteiger charge is -2.42. The van der Waals surface area contributed by atoms with E-state index in [1.165, 1.54) is 50.8 Å². The first-order chi connectivity index (χ1) is 19.0. The second-order valence-electron chi connectivity index (χ2n) is 10.9. The highest BCUT2D eigenvalue weighted by molar-refractivity contribution is 7.64. The van der Waals surface area contributed by atoms with E-state index in [0.717, 1.165) is 52.4 Å². The summed E-state index contributed by atoms with van der Waals surface area (Å²) >= 11 is 0. The van der Waals surface area contributed by atoms with Crippen LogP contribution in [0.2, 0.25) is 0 Å². The number of aromatic nitrogens is 3. The van der Waals surface area contributed by atoms with E-state index >= 15 is 0 Å². The summed E-state index contributed by atoms with van der Waals surface area (Å²) in [6, 6.07) is 16.8. The highest BCUT2D eigenvalue weighted by atomic mass is 31.1. The van der Waals surface area contributed by atoms with Crippen molar-refractivity contribution in [3.8, 4) is 11.3 Å². The number of hydrogen-bond donors (Lipinski definition) is 2. The Kier molecular flexibility index (Phi) is 7.52. The first-order valence-corrected chi connectivity index (χ1v) is 16.0. The zero-order valence-electron chi connectivity index (χ0n) is 23.0. The number of anilines is 3. The maximum Gasteiger partial charge on any atom is 0.143 e. The summed E-state index contributed by atoms with van der Waals surface area (Å²) in [5.74, 6) is 0.492. The van der Waals surface area contributed by atoms with Crippen LogP contribution in [0.3, 0.4) is 0 Å². The normalized spacial score (nSPS) is 17.8. The molecule has 0 aliphatic carbocycles. The number of halogens is 1. The molecule has 0 spiro atoms. The van der Waals surface area contributed by atoms with Gasteiger partial charge in [-0.25, -0.2) is 14.4 Å². The number of piperazine rings is 1. The van der Waals surface area contributed by atoms with Gasteiger partial charge >= 0.3 is 0 Å². The van der Waals surface area contributed by atoms with Crippen LogP contribution >= 0.6 is 7.92 Å². The maximum atomic E-state index is 14.6. The van der Waals surface area contributed by atoms with Gasteiger partial charge in [-0.3, -0.25) is 4.90 Å². The van der Waals surface area contributed by atoms with Crippen LogP contribution in [0.4, 0.5) is 21.6 Å². The molecule has 7 nitrogen and oxygen atoms in total. The maximum absolute atomic E-state index is 14.6. The average molecular weight is 546 g/mol. The van der Waals surface area contributed by atoms with Crippen LogP contribution in [0.15, 0.2) is 54.9 Å². The topological polar surface area (TPSA) is 63.3 Å². The molecule has 0 bridgehead atoms. The molecule has 4 aromatic rings. The smallest absolute Gasteiger partial charge is 0.143 e. The molecular weight excluding hydrogens is 508 g/mol. The van der Waals surface area contributed by atoms with Crippen molar-refractivity contribution < 1.29 is 4.39 Å². The van der Waals surface area contributed by atoms with E-state index in [1.807, 2.05) is 6.07 Å². The molecule has 6 rings (SSSR count). The van der Waals surface area contributed by atoms with Crippen molar-refractivity contribution in [2.75, 3.05) is 69.9 Å². The number of nitrogens with one attached hydrogen (secondary N) is 2. The van der Waals surface area contributed by atoms with Gasteiger partial charge in [0.1, 0.15) is 23.6 Å². The number of nitrogens with zero attached hydrogens (tertiary/aromatic N) is 5. The second-order valence-corrected chi connectivity index (χ2v) is 13.2. The number of rotatable bonds is 6. The fraction of sp³-hybridized carbons (Fsp3) is 0.400. The largest absolute Gasteiger partial charge is 0.371 e. The van der Waals surface area contributed by atoms with Gasteiger partial charge in [0.2, 0.25) is 0 Å². The van der Waals surface area contributed by atoms with Gasteiger partial charge < -0.3 is 20.1 Å². The molecule has 204 valence electrons. The Hall–Kier alpha value is -3.06. The number of likely N-dealkylation sites (N-methyl/N-ethyl adjacent to an activating group) is 1. The Morgan fingerprint density at radius 1 is 0.949 bits per heavy atom. The molecule has 2 aromatic heterocycles. The minimum atomic E-state index is -0.621. The number of fused-ring (bicyclic) bond motifs is 1. The molecule has 2 aromatic carbocycles. The SMILES string of the molecule is CN1CCN(C2CCN(c3ccc(-c4cc5c(Nc6cccc(F)c6P(C)C)ncnc5[nH]4)cc3)CC2)CC1. The molecule has 2 aliphatic heterocycles. The highest BCUT2D eigenvalue weighted by Gasteiger charge is 2.26. The molecule has 0 radical (unpaired) electrons. The van der Waals surface area contributed by atoms with E-state index in [2.05, 4.69) is 85.7 Å². The Labute approximate surface area is 231 Å². The summed E-state index contributed by atoms with van der Waals surface area (Å²) in [5, 5.41) is 4.98. The van der Waals surface area contributed by atoms with Gasteiger partial charge in [-0.15, -0.1) is 0 Å². The minimum absolute atomic E-state index is 0.181. The third-order valence-corrected chi connectivity index (χ3v) is 9.52. The van der Waals surface area contributed by atoms with Gasteiger partial charge in [-0.2, -0.15) is 0 Å². The molecule has 9 heteroatoms. The van der Waals surface area contributed by atoms with Gasteiger partial charge in [0.15, 0.2) is 0 Å². The van der Waals surface area contributed by atoms with Crippen LogP contribution in [0.5, 0.6) is 0 Å². The molecule has 2 saturated heterocycles. The Morgan fingerprint density at radius 2 is 1.69 bits per heavy atom. The van der Waals surface area contributed by atoms with Gasteiger partial charge in [0, 0.05) is 62.0 Å². The summed E-state index contributed by atoms with van der Waals surface area (Å²) in [7, 11) is 1.60. The van der Waals surface area contributed by atoms with E-state index in [9.17, 15) is 4.39 Å². The standard InChI is InChI=1S/C30H37FN7P/c1-36-15-17-38(18-16-36)23-11-13-37(14-12-23)22-9-7-21(8-10-22)27-19-24-29(32-20-33-30(24)35-27)34-26-6-4-5-25(31)28(26)39(2)3/h4-10,19-20,23H,11-18H2,1-3H3,(H2,32,33,34,35). The third kappa shape index (κ3) is 5.51. The highest BCUT2D eigenvalue weighted by Crippen LogP contribution is 2.34. The van der Waals surface area contributed by atoms with Crippen molar-refractivity contribution >= 4 is 41.5 Å². The van der Waals surface area contributed by atoms with Gasteiger partial charge in [-0.05, 0) is 69.1 Å². The fourth-order valence-corrected chi connectivity index (χ4v) is 7.04. The summed E-state index contributed by atoms with van der Waals surface area (Å²) in [6.45, 7) is 11.1. The molecule has 2 N–H and O–H groups in total. The lowest BCUT2D eigenvalue weighted by atomic mass is 10.0. The molecule has 0 amide bonds. The molecule has 0 saturated carbocycles. The van der Waals surface area contributed by atoms with Gasteiger partial charge in [-0.1, -0.05) is 26.1 Å². The number of hydrogen-bond acceptors (Lipinski definition) is 6. The number of piperidine rings is 1. The van der Waals surface area contributed by atoms with E-state index in [4.69, 9.17) is 0 Å². The quantitative estimate of drug-likeness (QED) is 0.329. The van der Waals surface area contributed by atoms with Crippen LogP contribution in [0, 0.1) is 5.82 Å². The molecule has 2 fully saturated rings. The molecule has 2 aliphatic rings. The Bertz CT molecular complexity index is 1420. The van der Waals surface area contributed by atoms with Crippen LogP contribution in [-0.4, -0.2) is 90.4 Å². The number of H-pyrrole nitrogens is 1. The van der Waals surface area contributed by atoms with Crippen LogP contribution < -0.4 is 15.5 Å². The fourth-order valence-electron chi connectivity index (χ4n) is 5.92.